The zero-order chi connectivity index (χ0) is 18.4. The highest BCUT2D eigenvalue weighted by atomic mass is 16.5. The summed E-state index contributed by atoms with van der Waals surface area (Å²) in [6.07, 6.45) is 7.09. The SMILES string of the molecule is C[C@@H](OC(=O)c1cccc2ccccc12)C(=O)NCCC1=CCCCC1. The van der Waals surface area contributed by atoms with Crippen LogP contribution in [-0.4, -0.2) is 24.5 Å². The summed E-state index contributed by atoms with van der Waals surface area (Å²) in [4.78, 5) is 24.7. The van der Waals surface area contributed by atoms with E-state index >= 15 is 0 Å². The van der Waals surface area contributed by atoms with Gasteiger partial charge in [0.25, 0.3) is 5.91 Å². The van der Waals surface area contributed by atoms with E-state index in [0.717, 1.165) is 30.0 Å². The molecular formula is C22H25NO3. The maximum atomic E-state index is 12.5. The molecule has 4 heteroatoms. The Hall–Kier alpha value is -2.62. The predicted molar refractivity (Wildman–Crippen MR) is 103 cm³/mol. The Morgan fingerprint density at radius 3 is 2.73 bits per heavy atom. The second-order valence-corrected chi connectivity index (χ2v) is 6.72. The summed E-state index contributed by atoms with van der Waals surface area (Å²) in [5.41, 5.74) is 1.90. The monoisotopic (exact) mass is 351 g/mol. The van der Waals surface area contributed by atoms with Gasteiger partial charge in [0.05, 0.1) is 5.56 Å². The molecule has 0 aliphatic heterocycles. The molecule has 0 aromatic heterocycles. The highest BCUT2D eigenvalue weighted by Crippen LogP contribution is 2.20. The quantitative estimate of drug-likeness (QED) is 0.620. The van der Waals surface area contributed by atoms with E-state index in [1.807, 2.05) is 36.4 Å². The number of benzene rings is 2. The highest BCUT2D eigenvalue weighted by molar-refractivity contribution is 6.05. The minimum absolute atomic E-state index is 0.255. The van der Waals surface area contributed by atoms with Crippen LogP contribution in [0.4, 0.5) is 0 Å². The molecule has 1 atom stereocenters. The van der Waals surface area contributed by atoms with Crippen LogP contribution in [0.25, 0.3) is 10.8 Å². The molecule has 0 saturated carbocycles. The van der Waals surface area contributed by atoms with Crippen molar-refractivity contribution in [1.29, 1.82) is 0 Å². The second kappa shape index (κ2) is 8.65. The van der Waals surface area contributed by atoms with Crippen molar-refractivity contribution in [3.63, 3.8) is 0 Å². The van der Waals surface area contributed by atoms with Gasteiger partial charge in [-0.1, -0.05) is 48.0 Å². The van der Waals surface area contributed by atoms with Crippen molar-refractivity contribution in [3.05, 3.63) is 59.7 Å². The zero-order valence-corrected chi connectivity index (χ0v) is 15.2. The molecule has 0 spiro atoms. The summed E-state index contributed by atoms with van der Waals surface area (Å²) < 4.78 is 5.38. The Morgan fingerprint density at radius 2 is 1.92 bits per heavy atom. The third-order valence-corrected chi connectivity index (χ3v) is 4.79. The number of nitrogens with one attached hydrogen (secondary N) is 1. The van der Waals surface area contributed by atoms with Gasteiger partial charge in [-0.3, -0.25) is 4.79 Å². The molecule has 2 aromatic rings. The molecule has 2 aromatic carbocycles. The van der Waals surface area contributed by atoms with Gasteiger partial charge >= 0.3 is 5.97 Å². The Balaban J connectivity index is 1.54. The lowest BCUT2D eigenvalue weighted by Crippen LogP contribution is -2.36. The van der Waals surface area contributed by atoms with E-state index in [1.54, 1.807) is 13.0 Å². The van der Waals surface area contributed by atoms with Crippen LogP contribution in [0, 0.1) is 0 Å². The largest absolute Gasteiger partial charge is 0.449 e. The first-order valence-electron chi connectivity index (χ1n) is 9.29. The van der Waals surface area contributed by atoms with Gasteiger partial charge in [0.15, 0.2) is 6.10 Å². The van der Waals surface area contributed by atoms with Gasteiger partial charge in [-0.15, -0.1) is 0 Å². The van der Waals surface area contributed by atoms with E-state index in [0.29, 0.717) is 12.1 Å². The number of carbonyl (C=O) groups excluding carboxylic acids is 2. The summed E-state index contributed by atoms with van der Waals surface area (Å²) in [5, 5.41) is 4.67. The van der Waals surface area contributed by atoms with Crippen molar-refractivity contribution in [2.75, 3.05) is 6.54 Å². The standard InChI is InChI=1S/C22H25NO3/c1-16(21(24)23-15-14-17-8-3-2-4-9-17)26-22(25)20-13-7-11-18-10-5-6-12-19(18)20/h5-8,10-13,16H,2-4,9,14-15H2,1H3,(H,23,24)/t16-/m1/s1. The van der Waals surface area contributed by atoms with E-state index in [4.69, 9.17) is 4.74 Å². The summed E-state index contributed by atoms with van der Waals surface area (Å²) in [7, 11) is 0. The van der Waals surface area contributed by atoms with Crippen LogP contribution < -0.4 is 5.32 Å². The van der Waals surface area contributed by atoms with Crippen LogP contribution in [0.3, 0.4) is 0 Å². The van der Waals surface area contributed by atoms with E-state index < -0.39 is 12.1 Å². The molecule has 0 heterocycles. The summed E-state index contributed by atoms with van der Waals surface area (Å²) in [6, 6.07) is 13.1. The topological polar surface area (TPSA) is 55.4 Å². The molecule has 0 radical (unpaired) electrons. The van der Waals surface area contributed by atoms with Crippen LogP contribution in [0.1, 0.15) is 49.4 Å². The molecule has 1 amide bonds. The first-order valence-corrected chi connectivity index (χ1v) is 9.29. The molecular weight excluding hydrogens is 326 g/mol. The van der Waals surface area contributed by atoms with Gasteiger partial charge in [0.1, 0.15) is 0 Å². The Labute approximate surface area is 154 Å². The minimum atomic E-state index is -0.818. The molecule has 1 N–H and O–H groups in total. The van der Waals surface area contributed by atoms with Gasteiger partial charge in [0, 0.05) is 6.54 Å². The number of fused-ring (bicyclic) bond motifs is 1. The van der Waals surface area contributed by atoms with Crippen molar-refractivity contribution >= 4 is 22.6 Å². The average molecular weight is 351 g/mol. The average Bonchev–Trinajstić information content (AvgIpc) is 2.68. The van der Waals surface area contributed by atoms with E-state index in [2.05, 4.69) is 11.4 Å². The predicted octanol–water partition coefficient (Wildman–Crippen LogP) is 4.39. The molecule has 0 fully saturated rings. The van der Waals surface area contributed by atoms with Gasteiger partial charge < -0.3 is 10.1 Å². The minimum Gasteiger partial charge on any atom is -0.449 e. The summed E-state index contributed by atoms with van der Waals surface area (Å²) >= 11 is 0. The number of esters is 1. The number of rotatable bonds is 6. The maximum Gasteiger partial charge on any atom is 0.339 e. The summed E-state index contributed by atoms with van der Waals surface area (Å²) in [6.45, 7) is 2.19. The highest BCUT2D eigenvalue weighted by Gasteiger charge is 2.20. The number of ether oxygens (including phenoxy) is 1. The van der Waals surface area contributed by atoms with Crippen LogP contribution in [0.15, 0.2) is 54.1 Å². The lowest BCUT2D eigenvalue weighted by molar-refractivity contribution is -0.129. The molecule has 0 bridgehead atoms. The van der Waals surface area contributed by atoms with Crippen molar-refractivity contribution in [2.24, 2.45) is 0 Å². The smallest absolute Gasteiger partial charge is 0.339 e. The molecule has 26 heavy (non-hydrogen) atoms. The summed E-state index contributed by atoms with van der Waals surface area (Å²) in [5.74, 6) is -0.727. The third kappa shape index (κ3) is 4.51. The molecule has 0 saturated heterocycles. The van der Waals surface area contributed by atoms with Crippen molar-refractivity contribution in [1.82, 2.24) is 5.32 Å². The molecule has 3 rings (SSSR count). The number of hydrogen-bond donors (Lipinski definition) is 1. The van der Waals surface area contributed by atoms with Crippen LogP contribution in [-0.2, 0) is 9.53 Å². The Kier molecular flexibility index (Phi) is 6.05. The Bertz CT molecular complexity index is 820. The van der Waals surface area contributed by atoms with Gasteiger partial charge in [-0.05, 0) is 55.9 Å². The Morgan fingerprint density at radius 1 is 1.12 bits per heavy atom. The normalized spacial score (nSPS) is 15.2. The third-order valence-electron chi connectivity index (χ3n) is 4.79. The number of allylic oxidation sites excluding steroid dienone is 1. The van der Waals surface area contributed by atoms with E-state index in [-0.39, 0.29) is 5.91 Å². The molecule has 1 aliphatic carbocycles. The fraction of sp³-hybridized carbons (Fsp3) is 0.364. The first kappa shape index (κ1) is 18.2. The molecule has 1 aliphatic rings. The molecule has 4 nitrogen and oxygen atoms in total. The van der Waals surface area contributed by atoms with Gasteiger partial charge in [-0.25, -0.2) is 4.79 Å². The lowest BCUT2D eigenvalue weighted by Gasteiger charge is -2.16. The molecule has 136 valence electrons. The zero-order valence-electron chi connectivity index (χ0n) is 15.2. The number of carbonyl (C=O) groups is 2. The number of amides is 1. The van der Waals surface area contributed by atoms with Crippen molar-refractivity contribution in [3.8, 4) is 0 Å². The number of hydrogen-bond acceptors (Lipinski definition) is 3. The van der Waals surface area contributed by atoms with E-state index in [1.165, 1.54) is 18.4 Å². The molecule has 0 unspecified atom stereocenters. The van der Waals surface area contributed by atoms with Crippen LogP contribution >= 0.6 is 0 Å². The fourth-order valence-electron chi connectivity index (χ4n) is 3.30. The maximum absolute atomic E-state index is 12.5. The van der Waals surface area contributed by atoms with Crippen molar-refractivity contribution in [2.45, 2.75) is 45.1 Å². The lowest BCUT2D eigenvalue weighted by atomic mass is 9.97. The van der Waals surface area contributed by atoms with Crippen LogP contribution in [0.2, 0.25) is 0 Å². The fourth-order valence-corrected chi connectivity index (χ4v) is 3.30. The van der Waals surface area contributed by atoms with Gasteiger partial charge in [-0.2, -0.15) is 0 Å². The van der Waals surface area contributed by atoms with Crippen LogP contribution in [0.5, 0.6) is 0 Å². The van der Waals surface area contributed by atoms with E-state index in [9.17, 15) is 9.59 Å². The first-order chi connectivity index (χ1) is 12.6. The van der Waals surface area contributed by atoms with Crippen molar-refractivity contribution < 1.29 is 14.3 Å². The second-order valence-electron chi connectivity index (χ2n) is 6.72. The van der Waals surface area contributed by atoms with Gasteiger partial charge in [0.2, 0.25) is 0 Å².